The van der Waals surface area contributed by atoms with Crippen LogP contribution < -0.4 is 10.6 Å². The molecule has 0 spiro atoms. The highest BCUT2D eigenvalue weighted by atomic mass is 35.5. The lowest BCUT2D eigenvalue weighted by molar-refractivity contribution is -0.137. The number of hydrogen-bond acceptors (Lipinski definition) is 2. The van der Waals surface area contributed by atoms with Gasteiger partial charge in [0.15, 0.2) is 0 Å². The number of carbonyl (C=O) groups excluding carboxylic acids is 1. The highest BCUT2D eigenvalue weighted by Gasteiger charge is 2.45. The predicted molar refractivity (Wildman–Crippen MR) is 88.3 cm³/mol. The summed E-state index contributed by atoms with van der Waals surface area (Å²) >= 11 is 0. The highest BCUT2D eigenvalue weighted by Crippen LogP contribution is 2.48. The first-order valence-corrected chi connectivity index (χ1v) is 8.10. The SMILES string of the molecule is Cl.O=C(NCC1(c2cccc(C(F)(F)F)c2)CC1)C1CCCCN1. The minimum atomic E-state index is -4.33. The van der Waals surface area contributed by atoms with Gasteiger partial charge in [-0.3, -0.25) is 4.79 Å². The van der Waals surface area contributed by atoms with Crippen LogP contribution in [0.2, 0.25) is 0 Å². The number of rotatable bonds is 4. The van der Waals surface area contributed by atoms with Crippen LogP contribution in [0.3, 0.4) is 0 Å². The maximum absolute atomic E-state index is 12.9. The van der Waals surface area contributed by atoms with E-state index < -0.39 is 11.7 Å². The molecule has 1 saturated carbocycles. The minimum Gasteiger partial charge on any atom is -0.354 e. The fourth-order valence-corrected chi connectivity index (χ4v) is 3.20. The average Bonchev–Trinajstić information content (AvgIpc) is 3.34. The van der Waals surface area contributed by atoms with Gasteiger partial charge in [-0.15, -0.1) is 12.4 Å². The Morgan fingerprint density at radius 3 is 2.62 bits per heavy atom. The van der Waals surface area contributed by atoms with Crippen molar-refractivity contribution in [3.8, 4) is 0 Å². The van der Waals surface area contributed by atoms with Crippen LogP contribution in [-0.2, 0) is 16.4 Å². The fraction of sp³-hybridized carbons (Fsp3) is 0.588. The van der Waals surface area contributed by atoms with Gasteiger partial charge in [-0.25, -0.2) is 0 Å². The van der Waals surface area contributed by atoms with Crippen LogP contribution in [-0.4, -0.2) is 25.0 Å². The number of amides is 1. The Kier molecular flexibility index (Phi) is 5.81. The Balaban J connectivity index is 0.00000208. The van der Waals surface area contributed by atoms with Gasteiger partial charge in [0.2, 0.25) is 5.91 Å². The van der Waals surface area contributed by atoms with Crippen molar-refractivity contribution in [1.82, 2.24) is 10.6 Å². The molecule has 1 aromatic rings. The number of alkyl halides is 3. The molecule has 0 aromatic heterocycles. The van der Waals surface area contributed by atoms with Gasteiger partial charge in [-0.2, -0.15) is 13.2 Å². The monoisotopic (exact) mass is 362 g/mol. The molecule has 2 N–H and O–H groups in total. The van der Waals surface area contributed by atoms with Crippen molar-refractivity contribution in [2.45, 2.75) is 49.7 Å². The molecule has 1 aromatic carbocycles. The van der Waals surface area contributed by atoms with Crippen LogP contribution in [0.1, 0.15) is 43.2 Å². The first-order valence-electron chi connectivity index (χ1n) is 8.10. The molecular formula is C17H22ClF3N2O. The predicted octanol–water partition coefficient (Wildman–Crippen LogP) is 3.42. The van der Waals surface area contributed by atoms with Gasteiger partial charge in [-0.05, 0) is 43.9 Å². The molecule has 2 aliphatic rings. The summed E-state index contributed by atoms with van der Waals surface area (Å²) < 4.78 is 38.6. The van der Waals surface area contributed by atoms with E-state index in [1.807, 2.05) is 0 Å². The van der Waals surface area contributed by atoms with Crippen LogP contribution in [0, 0.1) is 0 Å². The lowest BCUT2D eigenvalue weighted by Crippen LogP contribution is -2.48. The van der Waals surface area contributed by atoms with Crippen molar-refractivity contribution in [1.29, 1.82) is 0 Å². The molecule has 1 heterocycles. The van der Waals surface area contributed by atoms with E-state index in [9.17, 15) is 18.0 Å². The maximum atomic E-state index is 12.9. The third-order valence-electron chi connectivity index (χ3n) is 4.88. The zero-order valence-electron chi connectivity index (χ0n) is 13.3. The molecule has 1 aliphatic carbocycles. The van der Waals surface area contributed by atoms with E-state index in [1.54, 1.807) is 6.07 Å². The zero-order chi connectivity index (χ0) is 16.5. The summed E-state index contributed by atoms with van der Waals surface area (Å²) in [4.78, 5) is 12.2. The summed E-state index contributed by atoms with van der Waals surface area (Å²) in [6.07, 6.45) is 0.227. The second-order valence-corrected chi connectivity index (χ2v) is 6.58. The summed E-state index contributed by atoms with van der Waals surface area (Å²) in [5.41, 5.74) is -0.281. The molecule has 1 saturated heterocycles. The van der Waals surface area contributed by atoms with E-state index in [2.05, 4.69) is 10.6 Å². The Morgan fingerprint density at radius 1 is 1.29 bits per heavy atom. The van der Waals surface area contributed by atoms with Crippen molar-refractivity contribution in [3.05, 3.63) is 35.4 Å². The summed E-state index contributed by atoms with van der Waals surface area (Å²) in [5.74, 6) is -0.0389. The van der Waals surface area contributed by atoms with Crippen LogP contribution in [0.25, 0.3) is 0 Å². The summed E-state index contributed by atoms with van der Waals surface area (Å²) in [6, 6.07) is 5.32. The third kappa shape index (κ3) is 4.22. The number of piperidine rings is 1. The second kappa shape index (κ2) is 7.31. The van der Waals surface area contributed by atoms with Gasteiger partial charge in [0, 0.05) is 12.0 Å². The third-order valence-corrected chi connectivity index (χ3v) is 4.88. The molecule has 3 rings (SSSR count). The van der Waals surface area contributed by atoms with Crippen LogP contribution in [0.15, 0.2) is 24.3 Å². The second-order valence-electron chi connectivity index (χ2n) is 6.58. The highest BCUT2D eigenvalue weighted by molar-refractivity contribution is 5.85. The standard InChI is InChI=1S/C17H21F3N2O.ClH/c18-17(19,20)13-5-3-4-12(10-13)16(7-8-16)11-22-15(23)14-6-1-2-9-21-14;/h3-5,10,14,21H,1-2,6-9,11H2,(H,22,23);1H. The number of carbonyl (C=O) groups is 1. The van der Waals surface area contributed by atoms with Crippen molar-refractivity contribution in [2.75, 3.05) is 13.1 Å². The summed E-state index contributed by atoms with van der Waals surface area (Å²) in [7, 11) is 0. The number of benzene rings is 1. The summed E-state index contributed by atoms with van der Waals surface area (Å²) in [6.45, 7) is 1.25. The molecule has 1 unspecified atom stereocenters. The van der Waals surface area contributed by atoms with Gasteiger partial charge < -0.3 is 10.6 Å². The van der Waals surface area contributed by atoms with Crippen LogP contribution in [0.5, 0.6) is 0 Å². The molecule has 0 bridgehead atoms. The lowest BCUT2D eigenvalue weighted by Gasteiger charge is -2.24. The number of nitrogens with one attached hydrogen (secondary N) is 2. The number of halogens is 4. The Bertz CT molecular complexity index is 581. The van der Waals surface area contributed by atoms with E-state index in [1.165, 1.54) is 12.1 Å². The van der Waals surface area contributed by atoms with Gasteiger partial charge in [0.05, 0.1) is 11.6 Å². The quantitative estimate of drug-likeness (QED) is 0.861. The average molecular weight is 363 g/mol. The molecular weight excluding hydrogens is 341 g/mol. The first kappa shape index (κ1) is 19.1. The maximum Gasteiger partial charge on any atom is 0.416 e. The molecule has 0 radical (unpaired) electrons. The van der Waals surface area contributed by atoms with Crippen molar-refractivity contribution < 1.29 is 18.0 Å². The summed E-state index contributed by atoms with van der Waals surface area (Å²) in [5, 5.41) is 6.11. The topological polar surface area (TPSA) is 41.1 Å². The van der Waals surface area contributed by atoms with Crippen molar-refractivity contribution >= 4 is 18.3 Å². The van der Waals surface area contributed by atoms with E-state index in [0.717, 1.165) is 44.7 Å². The fourth-order valence-electron chi connectivity index (χ4n) is 3.20. The molecule has 134 valence electrons. The van der Waals surface area contributed by atoms with Crippen molar-refractivity contribution in [2.24, 2.45) is 0 Å². The molecule has 1 amide bonds. The zero-order valence-corrected chi connectivity index (χ0v) is 14.1. The Morgan fingerprint density at radius 2 is 2.04 bits per heavy atom. The van der Waals surface area contributed by atoms with E-state index in [4.69, 9.17) is 0 Å². The molecule has 24 heavy (non-hydrogen) atoms. The van der Waals surface area contributed by atoms with Gasteiger partial charge in [0.1, 0.15) is 0 Å². The molecule has 7 heteroatoms. The molecule has 1 aliphatic heterocycles. The lowest BCUT2D eigenvalue weighted by atomic mass is 9.93. The smallest absolute Gasteiger partial charge is 0.354 e. The first-order chi connectivity index (χ1) is 10.9. The number of hydrogen-bond donors (Lipinski definition) is 2. The minimum absolute atomic E-state index is 0. The van der Waals surface area contributed by atoms with Crippen molar-refractivity contribution in [3.63, 3.8) is 0 Å². The van der Waals surface area contributed by atoms with Crippen LogP contribution in [0.4, 0.5) is 13.2 Å². The van der Waals surface area contributed by atoms with E-state index in [-0.39, 0.29) is 29.8 Å². The van der Waals surface area contributed by atoms with Crippen LogP contribution >= 0.6 is 12.4 Å². The molecule has 2 fully saturated rings. The van der Waals surface area contributed by atoms with E-state index in [0.29, 0.717) is 12.1 Å². The normalized spacial score (nSPS) is 22.4. The Labute approximate surface area is 145 Å². The van der Waals surface area contributed by atoms with E-state index >= 15 is 0 Å². The Hall–Kier alpha value is -1.27. The van der Waals surface area contributed by atoms with Gasteiger partial charge in [0.25, 0.3) is 0 Å². The molecule has 3 nitrogen and oxygen atoms in total. The largest absolute Gasteiger partial charge is 0.416 e. The van der Waals surface area contributed by atoms with Gasteiger partial charge in [-0.1, -0.05) is 24.6 Å². The molecule has 1 atom stereocenters. The van der Waals surface area contributed by atoms with Gasteiger partial charge >= 0.3 is 6.18 Å².